The Morgan fingerprint density at radius 3 is 2.29 bits per heavy atom. The molecular formula is C60H68N11O9+. The molecule has 80 heavy (non-hydrogen) atoms. The quantitative estimate of drug-likeness (QED) is 0.0404. The Morgan fingerprint density at radius 2 is 1.54 bits per heavy atom. The second-order valence-corrected chi connectivity index (χ2v) is 20.2. The topological polar surface area (TPSA) is 216 Å². The number of nitrogens with zero attached hydrogens (tertiary/aromatic N) is 10. The number of aromatic carboxylic acids is 1. The van der Waals surface area contributed by atoms with E-state index in [1.54, 1.807) is 34.0 Å². The summed E-state index contributed by atoms with van der Waals surface area (Å²) in [5, 5.41) is 31.8. The van der Waals surface area contributed by atoms with E-state index in [1.165, 1.54) is 4.68 Å². The van der Waals surface area contributed by atoms with Gasteiger partial charge in [0.05, 0.1) is 81.3 Å². The van der Waals surface area contributed by atoms with Gasteiger partial charge in [-0.05, 0) is 67.6 Å². The molecule has 4 heterocycles. The predicted molar refractivity (Wildman–Crippen MR) is 303 cm³/mol. The number of hydrogen-bond donors (Lipinski definition) is 2. The van der Waals surface area contributed by atoms with Crippen molar-refractivity contribution in [2.24, 2.45) is 0 Å². The lowest BCUT2D eigenvalue weighted by molar-refractivity contribution is -0.133. The van der Waals surface area contributed by atoms with Crippen molar-refractivity contribution in [1.29, 1.82) is 0 Å². The number of ether oxygens (including phenoxy) is 3. The standard InChI is InChI=1S/C60H67N11O9/c1-41-14-16-43(17-15-41)53-40-71(65-63-53)60(76)70-26-25-68(39-48(70)34-42-10-7-6-8-11-42)56(72)13-9-12-45-38-69(64-62-45)27-29-78-31-33-79-32-30-77-28-24-61-58(73)49-21-18-44(35-52(49)59(74)75)57-50-22-19-46(66(2)3)36-54(50)80-55-37-47(67(4)5)20-23-51(55)57/h6-8,10-11,14-23,35-38,40,48H,9,12-13,24-34,39H2,1-5H3,(H-,61,73,74,75)/p+1. The van der Waals surface area contributed by atoms with Crippen molar-refractivity contribution in [2.75, 3.05) is 98.9 Å². The summed E-state index contributed by atoms with van der Waals surface area (Å²) < 4.78 is 28.5. The van der Waals surface area contributed by atoms with E-state index in [9.17, 15) is 24.3 Å². The second kappa shape index (κ2) is 26.4. The first-order valence-corrected chi connectivity index (χ1v) is 26.9. The number of hydrogen-bond acceptors (Lipinski definition) is 13. The molecule has 1 aliphatic carbocycles. The van der Waals surface area contributed by atoms with Crippen molar-refractivity contribution in [3.8, 4) is 33.7 Å². The van der Waals surface area contributed by atoms with Gasteiger partial charge in [-0.15, -0.1) is 10.2 Å². The van der Waals surface area contributed by atoms with E-state index in [-0.39, 0.29) is 42.3 Å². The molecule has 0 radical (unpaired) electrons. The highest BCUT2D eigenvalue weighted by Crippen LogP contribution is 2.41. The maximum atomic E-state index is 13.9. The lowest BCUT2D eigenvalue weighted by Crippen LogP contribution is -2.58. The summed E-state index contributed by atoms with van der Waals surface area (Å²) in [4.78, 5) is 59.0. The van der Waals surface area contributed by atoms with Crippen LogP contribution in [0.5, 0.6) is 0 Å². The Kier molecular flexibility index (Phi) is 18.5. The zero-order valence-corrected chi connectivity index (χ0v) is 45.9. The number of aromatic nitrogens is 6. The van der Waals surface area contributed by atoms with E-state index in [2.05, 4.69) is 25.9 Å². The average Bonchev–Trinajstić information content (AvgIpc) is 4.03. The molecule has 6 aromatic rings. The number of carbonyl (C=O) groups excluding carboxylic acids is 3. The molecule has 4 aromatic carbocycles. The SMILES string of the molecule is Cc1ccc(-c2cn(C(=O)N3CCN(C(=O)CCCc4cn(CCOCCOCCOCCNC(=O)c5ccc(-c6c7ccc(=[N+](C)C)cc-7oc7cc(N(C)C)ccc67)cc5C(=O)O)nn4)CC3Cc3ccccc3)nn2)cc1. The highest BCUT2D eigenvalue weighted by Gasteiger charge is 2.34. The summed E-state index contributed by atoms with van der Waals surface area (Å²) in [5.41, 5.74) is 8.29. The van der Waals surface area contributed by atoms with Gasteiger partial charge in [0.1, 0.15) is 31.1 Å². The van der Waals surface area contributed by atoms with Gasteiger partial charge in [-0.1, -0.05) is 76.7 Å². The lowest BCUT2D eigenvalue weighted by atomic mass is 9.91. The molecule has 20 heteroatoms. The summed E-state index contributed by atoms with van der Waals surface area (Å²) in [6.45, 7) is 5.86. The molecule has 0 spiro atoms. The first-order chi connectivity index (χ1) is 38.8. The Balaban J connectivity index is 0.657. The average molecular weight is 1090 g/mol. The predicted octanol–water partition coefficient (Wildman–Crippen LogP) is 6.39. The number of carbonyl (C=O) groups is 4. The zero-order valence-electron chi connectivity index (χ0n) is 45.9. The lowest BCUT2D eigenvalue weighted by Gasteiger charge is -2.41. The Hall–Kier alpha value is -8.59. The Bertz CT molecular complexity index is 3480. The van der Waals surface area contributed by atoms with Crippen molar-refractivity contribution >= 4 is 40.5 Å². The van der Waals surface area contributed by atoms with Crippen LogP contribution in [0.15, 0.2) is 126 Å². The van der Waals surface area contributed by atoms with E-state index in [4.69, 9.17) is 18.6 Å². The van der Waals surface area contributed by atoms with Crippen LogP contribution in [0.1, 0.15) is 50.4 Å². The van der Waals surface area contributed by atoms with Gasteiger partial charge >= 0.3 is 12.0 Å². The Morgan fingerprint density at radius 1 is 0.787 bits per heavy atom. The number of benzene rings is 5. The number of amides is 3. The highest BCUT2D eigenvalue weighted by molar-refractivity contribution is 6.08. The number of rotatable bonds is 23. The third-order valence-electron chi connectivity index (χ3n) is 14.1. The normalized spacial score (nSPS) is 13.5. The van der Waals surface area contributed by atoms with Gasteiger partial charge in [-0.2, -0.15) is 4.68 Å². The van der Waals surface area contributed by atoms with E-state index >= 15 is 0 Å². The number of piperazine rings is 1. The van der Waals surface area contributed by atoms with Crippen LogP contribution in [0.4, 0.5) is 10.5 Å². The van der Waals surface area contributed by atoms with Gasteiger partial charge in [-0.3, -0.25) is 9.59 Å². The Labute approximate surface area is 464 Å². The van der Waals surface area contributed by atoms with Crippen molar-refractivity contribution in [3.05, 3.63) is 155 Å². The van der Waals surface area contributed by atoms with E-state index in [0.29, 0.717) is 107 Å². The minimum absolute atomic E-state index is 0.0371. The number of fused-ring (bicyclic) bond motifs is 2. The summed E-state index contributed by atoms with van der Waals surface area (Å²) >= 11 is 0. The van der Waals surface area contributed by atoms with Crippen LogP contribution in [0.3, 0.4) is 0 Å². The van der Waals surface area contributed by atoms with E-state index < -0.39 is 11.9 Å². The number of aryl methyl sites for hydroxylation is 2. The van der Waals surface area contributed by atoms with Crippen LogP contribution >= 0.6 is 0 Å². The first-order valence-electron chi connectivity index (χ1n) is 26.9. The van der Waals surface area contributed by atoms with Gasteiger partial charge in [0.2, 0.25) is 11.3 Å². The fourth-order valence-corrected chi connectivity index (χ4v) is 9.72. The fraction of sp³-hybridized carbons (Fsp3) is 0.350. The molecular weight excluding hydrogens is 1020 g/mol. The third-order valence-corrected chi connectivity index (χ3v) is 14.1. The van der Waals surface area contributed by atoms with Crippen molar-refractivity contribution in [1.82, 2.24) is 49.7 Å². The highest BCUT2D eigenvalue weighted by atomic mass is 16.5. The summed E-state index contributed by atoms with van der Waals surface area (Å²) in [6.07, 6.45) is 5.67. The maximum absolute atomic E-state index is 13.9. The van der Waals surface area contributed by atoms with E-state index in [1.807, 2.05) is 147 Å². The van der Waals surface area contributed by atoms with Gasteiger partial charge in [-0.25, -0.2) is 18.8 Å². The number of carboxylic acids is 1. The molecule has 0 bridgehead atoms. The van der Waals surface area contributed by atoms with Crippen molar-refractivity contribution in [2.45, 2.75) is 45.2 Å². The molecule has 9 rings (SSSR count). The van der Waals surface area contributed by atoms with Gasteiger partial charge in [0, 0.05) is 92.8 Å². The van der Waals surface area contributed by atoms with Gasteiger partial charge < -0.3 is 43.8 Å². The molecule has 3 aliphatic rings. The first kappa shape index (κ1) is 56.1. The maximum Gasteiger partial charge on any atom is 0.346 e. The van der Waals surface area contributed by atoms with Crippen molar-refractivity contribution < 1.29 is 42.9 Å². The number of carboxylic acid groups (broad SMARTS) is 1. The molecule has 1 fully saturated rings. The van der Waals surface area contributed by atoms with Gasteiger partial charge in [0.25, 0.3) is 5.91 Å². The van der Waals surface area contributed by atoms with Gasteiger partial charge in [0.15, 0.2) is 0 Å². The van der Waals surface area contributed by atoms with Crippen LogP contribution in [0.2, 0.25) is 0 Å². The van der Waals surface area contributed by atoms with Crippen molar-refractivity contribution in [3.63, 3.8) is 0 Å². The molecule has 2 N–H and O–H groups in total. The minimum atomic E-state index is -1.22. The monoisotopic (exact) mass is 1090 g/mol. The number of nitrogens with one attached hydrogen (secondary N) is 1. The third kappa shape index (κ3) is 14.0. The summed E-state index contributed by atoms with van der Waals surface area (Å²) in [7, 11) is 7.82. The van der Waals surface area contributed by atoms with Crippen LogP contribution in [0.25, 0.3) is 44.7 Å². The molecule has 1 atom stereocenters. The molecule has 0 saturated carbocycles. The molecule has 2 aliphatic heterocycles. The van der Waals surface area contributed by atoms with Crippen LogP contribution in [-0.4, -0.2) is 169 Å². The summed E-state index contributed by atoms with van der Waals surface area (Å²) in [6, 6.07) is 34.1. The molecule has 20 nitrogen and oxygen atoms in total. The molecule has 2 aromatic heterocycles. The summed E-state index contributed by atoms with van der Waals surface area (Å²) in [5.74, 6) is -1.05. The number of anilines is 1. The smallest absolute Gasteiger partial charge is 0.346 e. The second-order valence-electron chi connectivity index (χ2n) is 20.2. The van der Waals surface area contributed by atoms with Crippen LogP contribution in [-0.2, 0) is 38.4 Å². The fourth-order valence-electron chi connectivity index (χ4n) is 9.72. The zero-order chi connectivity index (χ0) is 56.1. The minimum Gasteiger partial charge on any atom is -0.478 e. The molecule has 416 valence electrons. The molecule has 1 saturated heterocycles. The van der Waals surface area contributed by atoms with Crippen LogP contribution in [0, 0.1) is 6.92 Å². The van der Waals surface area contributed by atoms with E-state index in [0.717, 1.165) is 49.9 Å². The largest absolute Gasteiger partial charge is 0.478 e. The molecule has 1 unspecified atom stereocenters. The molecule has 3 amide bonds. The van der Waals surface area contributed by atoms with Crippen LogP contribution < -0.4 is 20.1 Å².